The molecule has 6 nitrogen and oxygen atoms in total. The van der Waals surface area contributed by atoms with Crippen molar-refractivity contribution < 1.29 is 9.90 Å². The van der Waals surface area contributed by atoms with Crippen LogP contribution in [0.25, 0.3) is 0 Å². The summed E-state index contributed by atoms with van der Waals surface area (Å²) in [6.07, 6.45) is 5.56. The van der Waals surface area contributed by atoms with Gasteiger partial charge in [-0.15, -0.1) is 0 Å². The van der Waals surface area contributed by atoms with Crippen molar-refractivity contribution in [2.45, 2.75) is 64.3 Å². The van der Waals surface area contributed by atoms with Crippen LogP contribution >= 0.6 is 0 Å². The topological polar surface area (TPSA) is 75.4 Å². The van der Waals surface area contributed by atoms with Crippen LogP contribution < -0.4 is 5.56 Å². The summed E-state index contributed by atoms with van der Waals surface area (Å²) >= 11 is 0. The minimum atomic E-state index is -0.606. The minimum Gasteiger partial charge on any atom is -0.494 e. The van der Waals surface area contributed by atoms with Gasteiger partial charge in [0.15, 0.2) is 5.56 Å². The molecule has 1 aromatic heterocycles. The molecule has 1 N–H and O–H groups in total. The molecule has 0 bridgehead atoms. The monoisotopic (exact) mass is 409 g/mol. The van der Waals surface area contributed by atoms with Gasteiger partial charge in [-0.05, 0) is 44.1 Å². The maximum atomic E-state index is 13.3. The zero-order valence-corrected chi connectivity index (χ0v) is 17.9. The van der Waals surface area contributed by atoms with Crippen LogP contribution in [-0.2, 0) is 6.42 Å². The molecule has 4 rings (SSSR count). The molecule has 160 valence electrons. The molecule has 0 spiro atoms. The number of amides is 1. The Morgan fingerprint density at radius 2 is 1.97 bits per heavy atom. The summed E-state index contributed by atoms with van der Waals surface area (Å²) < 4.78 is 1.76. The zero-order chi connectivity index (χ0) is 21.3. The molecule has 6 heteroatoms. The van der Waals surface area contributed by atoms with Crippen molar-refractivity contribution in [2.24, 2.45) is 5.92 Å². The van der Waals surface area contributed by atoms with Crippen molar-refractivity contribution in [2.75, 3.05) is 13.1 Å². The number of carbonyl (C=O) groups excluding carboxylic acids is 1. The van der Waals surface area contributed by atoms with Crippen molar-refractivity contribution in [3.63, 3.8) is 0 Å². The molecule has 1 amide bonds. The van der Waals surface area contributed by atoms with Gasteiger partial charge in [0.25, 0.3) is 11.5 Å². The standard InChI is InChI=1S/C24H31N3O3/c1-3-4-10-20-25-22(28)21(24(30)27(20)16(2)17-11-12-17)23(29)26-14-13-19(15-26)18-8-6-5-7-9-18/h5-9,16-17,19,30H,3-4,10-15H2,1-2H3/t16-,19-/m1/s1. The third kappa shape index (κ3) is 4.00. The molecule has 0 radical (unpaired) electrons. The number of rotatable bonds is 7. The number of carbonyl (C=O) groups is 1. The first-order valence-electron chi connectivity index (χ1n) is 11.2. The quantitative estimate of drug-likeness (QED) is 0.753. The Bertz CT molecular complexity index is 966. The lowest BCUT2D eigenvalue weighted by molar-refractivity contribution is 0.0783. The van der Waals surface area contributed by atoms with E-state index in [-0.39, 0.29) is 23.4 Å². The van der Waals surface area contributed by atoms with Crippen molar-refractivity contribution >= 4 is 5.91 Å². The van der Waals surface area contributed by atoms with E-state index in [0.29, 0.717) is 31.3 Å². The molecule has 1 saturated heterocycles. The Labute approximate surface area is 177 Å². The second kappa shape index (κ2) is 8.62. The number of aryl methyl sites for hydroxylation is 1. The average Bonchev–Trinajstić information content (AvgIpc) is 3.48. The molecule has 1 saturated carbocycles. The lowest BCUT2D eigenvalue weighted by Crippen LogP contribution is -2.35. The first kappa shape index (κ1) is 20.6. The molecule has 30 heavy (non-hydrogen) atoms. The molecule has 2 fully saturated rings. The van der Waals surface area contributed by atoms with E-state index in [1.807, 2.05) is 18.2 Å². The van der Waals surface area contributed by atoms with Crippen LogP contribution in [0.2, 0.25) is 0 Å². The van der Waals surface area contributed by atoms with Crippen molar-refractivity contribution in [3.05, 3.63) is 57.6 Å². The van der Waals surface area contributed by atoms with Crippen LogP contribution in [0.1, 0.15) is 79.7 Å². The Kier molecular flexibility index (Phi) is 5.93. The lowest BCUT2D eigenvalue weighted by atomic mass is 9.99. The highest BCUT2D eigenvalue weighted by Crippen LogP contribution is 2.42. The van der Waals surface area contributed by atoms with Gasteiger partial charge >= 0.3 is 0 Å². The molecule has 2 heterocycles. The van der Waals surface area contributed by atoms with Gasteiger partial charge in [0.2, 0.25) is 5.88 Å². The molecule has 2 aromatic rings. The van der Waals surface area contributed by atoms with E-state index in [4.69, 9.17) is 0 Å². The largest absolute Gasteiger partial charge is 0.494 e. The molecule has 2 aliphatic rings. The van der Waals surface area contributed by atoms with Crippen LogP contribution in [0.3, 0.4) is 0 Å². The molecule has 2 atom stereocenters. The summed E-state index contributed by atoms with van der Waals surface area (Å²) in [7, 11) is 0. The smallest absolute Gasteiger partial charge is 0.289 e. The summed E-state index contributed by atoms with van der Waals surface area (Å²) in [5.74, 6) is 0.717. The number of likely N-dealkylation sites (tertiary alicyclic amines) is 1. The van der Waals surface area contributed by atoms with Crippen LogP contribution in [0.4, 0.5) is 0 Å². The van der Waals surface area contributed by atoms with Crippen LogP contribution in [0.5, 0.6) is 5.88 Å². The van der Waals surface area contributed by atoms with Gasteiger partial charge in [0, 0.05) is 31.5 Å². The van der Waals surface area contributed by atoms with Crippen molar-refractivity contribution in [1.82, 2.24) is 14.5 Å². The highest BCUT2D eigenvalue weighted by Gasteiger charge is 2.36. The van der Waals surface area contributed by atoms with Gasteiger partial charge in [-0.2, -0.15) is 4.98 Å². The summed E-state index contributed by atoms with van der Waals surface area (Å²) in [6, 6.07) is 10.2. The van der Waals surface area contributed by atoms with Gasteiger partial charge in [-0.25, -0.2) is 0 Å². The number of benzene rings is 1. The van der Waals surface area contributed by atoms with E-state index in [0.717, 1.165) is 32.1 Å². The third-order valence-corrected chi connectivity index (χ3v) is 6.60. The number of aromatic hydroxyl groups is 1. The Balaban J connectivity index is 1.64. The molecule has 1 aromatic carbocycles. The second-order valence-corrected chi connectivity index (χ2v) is 8.73. The van der Waals surface area contributed by atoms with E-state index >= 15 is 0 Å². The van der Waals surface area contributed by atoms with E-state index in [1.54, 1.807) is 9.47 Å². The van der Waals surface area contributed by atoms with E-state index in [1.165, 1.54) is 5.56 Å². The number of hydrogen-bond donors (Lipinski definition) is 1. The van der Waals surface area contributed by atoms with Crippen molar-refractivity contribution in [1.29, 1.82) is 0 Å². The van der Waals surface area contributed by atoms with Crippen LogP contribution in [-0.4, -0.2) is 38.6 Å². The number of unbranched alkanes of at least 4 members (excludes halogenated alkanes) is 1. The fourth-order valence-corrected chi connectivity index (χ4v) is 4.58. The molecular formula is C24H31N3O3. The van der Waals surface area contributed by atoms with Gasteiger partial charge in [-0.3, -0.25) is 14.2 Å². The molecule has 1 aliphatic carbocycles. The molecule has 0 unspecified atom stereocenters. The number of nitrogens with zero attached hydrogens (tertiary/aromatic N) is 3. The average molecular weight is 410 g/mol. The van der Waals surface area contributed by atoms with Gasteiger partial charge in [0.1, 0.15) is 5.82 Å². The number of hydrogen-bond acceptors (Lipinski definition) is 4. The number of aromatic nitrogens is 2. The van der Waals surface area contributed by atoms with E-state index in [9.17, 15) is 14.7 Å². The summed E-state index contributed by atoms with van der Waals surface area (Å²) in [5, 5.41) is 11.1. The van der Waals surface area contributed by atoms with E-state index < -0.39 is 11.5 Å². The highest BCUT2D eigenvalue weighted by atomic mass is 16.3. The summed E-state index contributed by atoms with van der Waals surface area (Å²) in [5.41, 5.74) is 0.423. The molecular weight excluding hydrogens is 378 g/mol. The third-order valence-electron chi connectivity index (χ3n) is 6.60. The fourth-order valence-electron chi connectivity index (χ4n) is 4.58. The zero-order valence-electron chi connectivity index (χ0n) is 17.9. The Morgan fingerprint density at radius 1 is 1.23 bits per heavy atom. The predicted octanol–water partition coefficient (Wildman–Crippen LogP) is 3.89. The normalized spacial score (nSPS) is 19.8. The SMILES string of the molecule is CCCCc1nc(=O)c(C(=O)N2CC[C@@H](c3ccccc3)C2)c(O)n1[C@H](C)C1CC1. The van der Waals surface area contributed by atoms with Crippen LogP contribution in [0.15, 0.2) is 35.1 Å². The second-order valence-electron chi connectivity index (χ2n) is 8.73. The lowest BCUT2D eigenvalue weighted by Gasteiger charge is -2.24. The molecule has 1 aliphatic heterocycles. The highest BCUT2D eigenvalue weighted by molar-refractivity contribution is 5.96. The summed E-state index contributed by atoms with van der Waals surface area (Å²) in [4.78, 5) is 32.0. The maximum absolute atomic E-state index is 13.3. The minimum absolute atomic E-state index is 0.0344. The van der Waals surface area contributed by atoms with Gasteiger partial charge in [0.05, 0.1) is 0 Å². The van der Waals surface area contributed by atoms with Crippen molar-refractivity contribution in [3.8, 4) is 5.88 Å². The van der Waals surface area contributed by atoms with E-state index in [2.05, 4.69) is 31.0 Å². The Hall–Kier alpha value is -2.63. The van der Waals surface area contributed by atoms with Crippen LogP contribution in [0, 0.1) is 5.92 Å². The Morgan fingerprint density at radius 3 is 2.63 bits per heavy atom. The first-order chi connectivity index (χ1) is 14.5. The van der Waals surface area contributed by atoms with Gasteiger partial charge < -0.3 is 10.0 Å². The maximum Gasteiger partial charge on any atom is 0.289 e. The predicted molar refractivity (Wildman–Crippen MR) is 116 cm³/mol. The first-order valence-corrected chi connectivity index (χ1v) is 11.2. The van der Waals surface area contributed by atoms with Gasteiger partial charge in [-0.1, -0.05) is 43.7 Å². The summed E-state index contributed by atoms with van der Waals surface area (Å²) in [6.45, 7) is 5.26. The fraction of sp³-hybridized carbons (Fsp3) is 0.542.